The number of hydrogen-bond donors (Lipinski definition) is 0. The molecular weight excluding hydrogens is 324 g/mol. The van der Waals surface area contributed by atoms with Crippen LogP contribution in [0.3, 0.4) is 0 Å². The molecule has 1 aliphatic rings. The van der Waals surface area contributed by atoms with Crippen molar-refractivity contribution in [3.63, 3.8) is 0 Å². The van der Waals surface area contributed by atoms with Crippen molar-refractivity contribution in [2.45, 2.75) is 5.92 Å². The van der Waals surface area contributed by atoms with Gasteiger partial charge < -0.3 is 9.64 Å². The average molecular weight is 341 g/mol. The third-order valence-corrected chi connectivity index (χ3v) is 3.92. The van der Waals surface area contributed by atoms with Crippen molar-refractivity contribution in [2.75, 3.05) is 26.3 Å². The van der Waals surface area contributed by atoms with E-state index in [1.54, 1.807) is 12.1 Å². The monoisotopic (exact) mass is 341 g/mol. The van der Waals surface area contributed by atoms with Crippen LogP contribution in [0.5, 0.6) is 0 Å². The highest BCUT2D eigenvalue weighted by molar-refractivity contribution is 5.87. The summed E-state index contributed by atoms with van der Waals surface area (Å²) in [5, 5.41) is 0. The largest absolute Gasteiger partial charge is 0.385 e. The van der Waals surface area contributed by atoms with Gasteiger partial charge in [-0.2, -0.15) is 8.78 Å². The first-order valence-electron chi connectivity index (χ1n) is 8.00. The zero-order valence-electron chi connectivity index (χ0n) is 13.5. The number of amides is 1. The van der Waals surface area contributed by atoms with Crippen LogP contribution in [0.4, 0.5) is 8.78 Å². The Labute approximate surface area is 145 Å². The van der Waals surface area contributed by atoms with Crippen molar-refractivity contribution in [2.24, 2.45) is 0 Å². The number of benzene rings is 2. The molecule has 0 aromatic heterocycles. The molecule has 5 heteroatoms. The van der Waals surface area contributed by atoms with E-state index in [-0.39, 0.29) is 26.3 Å². The molecule has 0 N–H and O–H groups in total. The summed E-state index contributed by atoms with van der Waals surface area (Å²) in [6.45, 7) is 0.885. The first-order valence-corrected chi connectivity index (χ1v) is 8.00. The molecule has 2 aromatic rings. The Morgan fingerprint density at radius 1 is 0.960 bits per heavy atom. The Bertz CT molecular complexity index is 786. The number of carbonyl (C=O) groups excluding carboxylic acids is 1. The number of alkyl halides is 2. The minimum Gasteiger partial charge on any atom is -0.378 e. The fraction of sp³-hybridized carbons (Fsp3) is 0.250. The molecule has 1 heterocycles. The SMILES string of the molecule is O=C(N1CCOCC1)C(F)(F)C#Cc1ccc(-c2ccccc2)cc1. The van der Waals surface area contributed by atoms with E-state index in [0.29, 0.717) is 5.56 Å². The van der Waals surface area contributed by atoms with Gasteiger partial charge in [-0.15, -0.1) is 0 Å². The number of nitrogens with zero attached hydrogens (tertiary/aromatic N) is 1. The molecule has 0 spiro atoms. The van der Waals surface area contributed by atoms with Crippen molar-refractivity contribution in [3.05, 3.63) is 60.2 Å². The van der Waals surface area contributed by atoms with Gasteiger partial charge in [-0.25, -0.2) is 0 Å². The van der Waals surface area contributed by atoms with Gasteiger partial charge in [0, 0.05) is 18.7 Å². The molecule has 0 saturated carbocycles. The fourth-order valence-electron chi connectivity index (χ4n) is 2.55. The maximum Gasteiger partial charge on any atom is 0.385 e. The van der Waals surface area contributed by atoms with Gasteiger partial charge in [0.05, 0.1) is 13.2 Å². The van der Waals surface area contributed by atoms with E-state index in [1.165, 1.54) is 0 Å². The Hall–Kier alpha value is -2.71. The second kappa shape index (κ2) is 7.45. The lowest BCUT2D eigenvalue weighted by atomic mass is 10.0. The predicted molar refractivity (Wildman–Crippen MR) is 91.1 cm³/mol. The van der Waals surface area contributed by atoms with Gasteiger partial charge in [-0.3, -0.25) is 4.79 Å². The van der Waals surface area contributed by atoms with Gasteiger partial charge in [0.1, 0.15) is 0 Å². The lowest BCUT2D eigenvalue weighted by molar-refractivity contribution is -0.153. The molecule has 1 saturated heterocycles. The highest BCUT2D eigenvalue weighted by Crippen LogP contribution is 2.20. The Morgan fingerprint density at radius 2 is 1.56 bits per heavy atom. The molecule has 25 heavy (non-hydrogen) atoms. The molecule has 2 aromatic carbocycles. The van der Waals surface area contributed by atoms with Crippen molar-refractivity contribution in [3.8, 4) is 23.0 Å². The van der Waals surface area contributed by atoms with Crippen molar-refractivity contribution in [1.29, 1.82) is 0 Å². The lowest BCUT2D eigenvalue weighted by Gasteiger charge is -2.28. The summed E-state index contributed by atoms with van der Waals surface area (Å²) in [5.41, 5.74) is 2.45. The number of halogens is 2. The van der Waals surface area contributed by atoms with Gasteiger partial charge >= 0.3 is 11.8 Å². The Balaban J connectivity index is 1.72. The summed E-state index contributed by atoms with van der Waals surface area (Å²) in [6, 6.07) is 16.7. The van der Waals surface area contributed by atoms with Crippen LogP contribution >= 0.6 is 0 Å². The summed E-state index contributed by atoms with van der Waals surface area (Å²) in [6.07, 6.45) is 0. The summed E-state index contributed by atoms with van der Waals surface area (Å²) in [5.74, 6) is -0.738. The molecule has 3 rings (SSSR count). The van der Waals surface area contributed by atoms with Gasteiger partial charge in [-0.1, -0.05) is 48.4 Å². The minimum atomic E-state index is -3.70. The van der Waals surface area contributed by atoms with Crippen molar-refractivity contribution < 1.29 is 18.3 Å². The maximum absolute atomic E-state index is 14.0. The number of rotatable bonds is 2. The molecule has 1 aliphatic heterocycles. The molecule has 0 unspecified atom stereocenters. The average Bonchev–Trinajstić information content (AvgIpc) is 2.67. The molecule has 0 bridgehead atoms. The van der Waals surface area contributed by atoms with Crippen LogP contribution in [-0.4, -0.2) is 43.0 Å². The van der Waals surface area contributed by atoms with Crippen LogP contribution in [0, 0.1) is 11.8 Å². The normalized spacial score (nSPS) is 14.6. The summed E-state index contributed by atoms with van der Waals surface area (Å²) < 4.78 is 33.1. The highest BCUT2D eigenvalue weighted by atomic mass is 19.3. The smallest absolute Gasteiger partial charge is 0.378 e. The second-order valence-corrected chi connectivity index (χ2v) is 5.67. The third-order valence-electron chi connectivity index (χ3n) is 3.92. The van der Waals surface area contributed by atoms with E-state index in [9.17, 15) is 13.6 Å². The minimum absolute atomic E-state index is 0.169. The predicted octanol–water partition coefficient (Wildman–Crippen LogP) is 3.20. The number of morpholine rings is 1. The Morgan fingerprint density at radius 3 is 2.20 bits per heavy atom. The van der Waals surface area contributed by atoms with E-state index in [2.05, 4.69) is 5.92 Å². The zero-order chi connectivity index (χ0) is 17.7. The van der Waals surface area contributed by atoms with Crippen LogP contribution in [0.15, 0.2) is 54.6 Å². The van der Waals surface area contributed by atoms with E-state index in [1.807, 2.05) is 48.4 Å². The number of hydrogen-bond acceptors (Lipinski definition) is 2. The van der Waals surface area contributed by atoms with Gasteiger partial charge in [0.15, 0.2) is 0 Å². The van der Waals surface area contributed by atoms with E-state index in [4.69, 9.17) is 4.74 Å². The first-order chi connectivity index (χ1) is 12.1. The van der Waals surface area contributed by atoms with Crippen molar-refractivity contribution >= 4 is 5.91 Å². The summed E-state index contributed by atoms with van der Waals surface area (Å²) >= 11 is 0. The van der Waals surface area contributed by atoms with E-state index >= 15 is 0 Å². The zero-order valence-corrected chi connectivity index (χ0v) is 13.5. The molecule has 0 aliphatic carbocycles. The molecule has 3 nitrogen and oxygen atoms in total. The van der Waals surface area contributed by atoms with Gasteiger partial charge in [-0.05, 0) is 29.2 Å². The Kier molecular flexibility index (Phi) is 5.11. The molecule has 1 fully saturated rings. The summed E-state index contributed by atoms with van der Waals surface area (Å²) in [7, 11) is 0. The second-order valence-electron chi connectivity index (χ2n) is 5.67. The van der Waals surface area contributed by atoms with Crippen LogP contribution < -0.4 is 0 Å². The van der Waals surface area contributed by atoms with E-state index in [0.717, 1.165) is 16.0 Å². The number of ether oxygens (including phenoxy) is 1. The standard InChI is InChI=1S/C20H17F2NO2/c21-20(22,19(24)23-12-14-25-15-13-23)11-10-16-6-8-18(9-7-16)17-4-2-1-3-5-17/h1-9H,12-15H2. The van der Waals surface area contributed by atoms with E-state index < -0.39 is 11.8 Å². The first kappa shape index (κ1) is 17.1. The van der Waals surface area contributed by atoms with Crippen LogP contribution in [0.1, 0.15) is 5.56 Å². The molecule has 1 amide bonds. The number of carbonyl (C=O) groups is 1. The lowest BCUT2D eigenvalue weighted by Crippen LogP contribution is -2.48. The maximum atomic E-state index is 14.0. The summed E-state index contributed by atoms with van der Waals surface area (Å²) in [4.78, 5) is 13.0. The molecular formula is C20H17F2NO2. The molecule has 0 atom stereocenters. The van der Waals surface area contributed by atoms with Crippen LogP contribution in [-0.2, 0) is 9.53 Å². The van der Waals surface area contributed by atoms with Crippen LogP contribution in [0.2, 0.25) is 0 Å². The van der Waals surface area contributed by atoms with Gasteiger partial charge in [0.2, 0.25) is 0 Å². The van der Waals surface area contributed by atoms with Crippen molar-refractivity contribution in [1.82, 2.24) is 4.90 Å². The third kappa shape index (κ3) is 4.23. The quantitative estimate of drug-likeness (QED) is 0.785. The highest BCUT2D eigenvalue weighted by Gasteiger charge is 2.40. The van der Waals surface area contributed by atoms with Crippen LogP contribution in [0.25, 0.3) is 11.1 Å². The topological polar surface area (TPSA) is 29.5 Å². The fourth-order valence-corrected chi connectivity index (χ4v) is 2.55. The van der Waals surface area contributed by atoms with Gasteiger partial charge in [0.25, 0.3) is 0 Å². The molecule has 128 valence electrons. The molecule has 0 radical (unpaired) electrons.